The number of nitrogens with zero attached hydrogens (tertiary/aromatic N) is 1. The van der Waals surface area contributed by atoms with Crippen LogP contribution in [0.3, 0.4) is 0 Å². The molecule has 0 heterocycles. The van der Waals surface area contributed by atoms with Crippen LogP contribution in [-0.2, 0) is 5.41 Å². The van der Waals surface area contributed by atoms with Gasteiger partial charge in [0.05, 0.1) is 0 Å². The average Bonchev–Trinajstić information content (AvgIpc) is 2.03. The van der Waals surface area contributed by atoms with Gasteiger partial charge >= 0.3 is 0 Å². The van der Waals surface area contributed by atoms with Crippen molar-refractivity contribution < 1.29 is 0 Å². The third-order valence-electron chi connectivity index (χ3n) is 1.84. The second-order valence-corrected chi connectivity index (χ2v) is 3.89. The number of benzene rings is 1. The Bertz CT molecular complexity index is 269. The summed E-state index contributed by atoms with van der Waals surface area (Å²) in [4.78, 5) is 10.1. The number of nitroso groups, excluding NO2 is 1. The predicted octanol–water partition coefficient (Wildman–Crippen LogP) is 3.38. The van der Waals surface area contributed by atoms with Crippen LogP contribution in [0.2, 0.25) is 0 Å². The van der Waals surface area contributed by atoms with Crippen LogP contribution >= 0.6 is 0 Å². The molecule has 0 aliphatic carbocycles. The van der Waals surface area contributed by atoms with Gasteiger partial charge in [-0.05, 0) is 28.3 Å². The van der Waals surface area contributed by atoms with E-state index in [4.69, 9.17) is 0 Å². The minimum atomic E-state index is 0.140. The zero-order valence-electron chi connectivity index (χ0n) is 7.66. The molecule has 0 N–H and O–H groups in total. The Morgan fingerprint density at radius 2 is 1.58 bits per heavy atom. The first-order valence-corrected chi connectivity index (χ1v) is 3.98. The summed E-state index contributed by atoms with van der Waals surface area (Å²) in [7, 11) is 0. The summed E-state index contributed by atoms with van der Waals surface area (Å²) < 4.78 is 0. The fraction of sp³-hybridized carbons (Fsp3) is 0.400. The Labute approximate surface area is 72.6 Å². The van der Waals surface area contributed by atoms with Gasteiger partial charge in [0.15, 0.2) is 0 Å². The molecule has 0 unspecified atom stereocenters. The average molecular weight is 163 g/mol. The van der Waals surface area contributed by atoms with Crippen LogP contribution in [0.4, 0.5) is 5.69 Å². The van der Waals surface area contributed by atoms with Crippen molar-refractivity contribution >= 4 is 5.69 Å². The first kappa shape index (κ1) is 8.91. The smallest absolute Gasteiger partial charge is 0.108 e. The molecule has 64 valence electrons. The van der Waals surface area contributed by atoms with Gasteiger partial charge in [-0.1, -0.05) is 32.9 Å². The van der Waals surface area contributed by atoms with Crippen LogP contribution in [-0.4, -0.2) is 0 Å². The molecule has 1 aromatic carbocycles. The van der Waals surface area contributed by atoms with Gasteiger partial charge in [-0.15, -0.1) is 4.91 Å². The maximum atomic E-state index is 10.1. The van der Waals surface area contributed by atoms with Crippen molar-refractivity contribution in [3.63, 3.8) is 0 Å². The molecule has 2 heteroatoms. The lowest BCUT2D eigenvalue weighted by Crippen LogP contribution is -2.10. The standard InChI is InChI=1S/C10H13NO/c1-10(2,3)8-4-6-9(11-12)7-5-8/h4-7H,1-3H3. The molecular weight excluding hydrogens is 150 g/mol. The van der Waals surface area contributed by atoms with Crippen molar-refractivity contribution in [1.82, 2.24) is 0 Å². The SMILES string of the molecule is CC(C)(C)c1ccc(N=O)cc1. The molecule has 0 aliphatic rings. The fourth-order valence-corrected chi connectivity index (χ4v) is 1.02. The molecule has 0 saturated carbocycles. The monoisotopic (exact) mass is 163 g/mol. The van der Waals surface area contributed by atoms with Crippen LogP contribution < -0.4 is 0 Å². The largest absolute Gasteiger partial charge is 0.145 e. The van der Waals surface area contributed by atoms with Crippen molar-refractivity contribution in [2.45, 2.75) is 26.2 Å². The topological polar surface area (TPSA) is 29.4 Å². The normalized spacial score (nSPS) is 11.2. The summed E-state index contributed by atoms with van der Waals surface area (Å²) in [5.41, 5.74) is 1.85. The highest BCUT2D eigenvalue weighted by Crippen LogP contribution is 2.24. The molecule has 0 saturated heterocycles. The van der Waals surface area contributed by atoms with Gasteiger partial charge in [0, 0.05) is 0 Å². The number of hydrogen-bond acceptors (Lipinski definition) is 2. The van der Waals surface area contributed by atoms with E-state index in [1.807, 2.05) is 12.1 Å². The van der Waals surface area contributed by atoms with E-state index in [0.29, 0.717) is 5.69 Å². The lowest BCUT2D eigenvalue weighted by Gasteiger charge is -2.18. The van der Waals surface area contributed by atoms with Gasteiger partial charge in [-0.25, -0.2) is 0 Å². The van der Waals surface area contributed by atoms with Gasteiger partial charge in [-0.3, -0.25) is 0 Å². The van der Waals surface area contributed by atoms with Crippen molar-refractivity contribution in [3.05, 3.63) is 34.7 Å². The first-order valence-electron chi connectivity index (χ1n) is 3.98. The Balaban J connectivity index is 3.00. The molecule has 0 spiro atoms. The molecular formula is C10H13NO. The summed E-state index contributed by atoms with van der Waals surface area (Å²) in [5, 5.41) is 2.84. The molecule has 0 amide bonds. The summed E-state index contributed by atoms with van der Waals surface area (Å²) in [6.45, 7) is 6.41. The minimum Gasteiger partial charge on any atom is -0.145 e. The van der Waals surface area contributed by atoms with Gasteiger partial charge in [0.2, 0.25) is 0 Å². The zero-order chi connectivity index (χ0) is 9.19. The Hall–Kier alpha value is -1.18. The van der Waals surface area contributed by atoms with Crippen LogP contribution in [0.5, 0.6) is 0 Å². The van der Waals surface area contributed by atoms with E-state index in [0.717, 1.165) is 0 Å². The maximum Gasteiger partial charge on any atom is 0.108 e. The van der Waals surface area contributed by atoms with Crippen LogP contribution in [0, 0.1) is 4.91 Å². The van der Waals surface area contributed by atoms with E-state index in [9.17, 15) is 4.91 Å². The van der Waals surface area contributed by atoms with Crippen molar-refractivity contribution in [1.29, 1.82) is 0 Å². The van der Waals surface area contributed by atoms with E-state index in [2.05, 4.69) is 25.9 Å². The molecule has 0 bridgehead atoms. The van der Waals surface area contributed by atoms with Crippen LogP contribution in [0.25, 0.3) is 0 Å². The highest BCUT2D eigenvalue weighted by atomic mass is 16.3. The number of rotatable bonds is 1. The summed E-state index contributed by atoms with van der Waals surface area (Å²) in [6.07, 6.45) is 0. The predicted molar refractivity (Wildman–Crippen MR) is 50.6 cm³/mol. The lowest BCUT2D eigenvalue weighted by atomic mass is 9.87. The Morgan fingerprint density at radius 1 is 1.08 bits per heavy atom. The summed E-state index contributed by atoms with van der Waals surface area (Å²) >= 11 is 0. The molecule has 0 aromatic heterocycles. The van der Waals surface area contributed by atoms with Gasteiger partial charge in [0.1, 0.15) is 5.69 Å². The lowest BCUT2D eigenvalue weighted by molar-refractivity contribution is 0.590. The highest BCUT2D eigenvalue weighted by Gasteiger charge is 2.12. The summed E-state index contributed by atoms with van der Waals surface area (Å²) in [5.74, 6) is 0. The molecule has 1 rings (SSSR count). The first-order chi connectivity index (χ1) is 5.54. The second-order valence-electron chi connectivity index (χ2n) is 3.89. The Kier molecular flexibility index (Phi) is 2.27. The zero-order valence-corrected chi connectivity index (χ0v) is 7.66. The number of hydrogen-bond donors (Lipinski definition) is 0. The molecule has 0 radical (unpaired) electrons. The van der Waals surface area contributed by atoms with Gasteiger partial charge < -0.3 is 0 Å². The van der Waals surface area contributed by atoms with E-state index in [1.165, 1.54) is 5.56 Å². The fourth-order valence-electron chi connectivity index (χ4n) is 1.02. The van der Waals surface area contributed by atoms with E-state index < -0.39 is 0 Å². The van der Waals surface area contributed by atoms with Gasteiger partial charge in [-0.2, -0.15) is 0 Å². The molecule has 12 heavy (non-hydrogen) atoms. The minimum absolute atomic E-state index is 0.140. The maximum absolute atomic E-state index is 10.1. The quantitative estimate of drug-likeness (QED) is 0.583. The van der Waals surface area contributed by atoms with Gasteiger partial charge in [0.25, 0.3) is 0 Å². The third kappa shape index (κ3) is 1.91. The van der Waals surface area contributed by atoms with Crippen molar-refractivity contribution in [3.8, 4) is 0 Å². The van der Waals surface area contributed by atoms with Crippen LogP contribution in [0.1, 0.15) is 26.3 Å². The molecule has 2 nitrogen and oxygen atoms in total. The molecule has 0 fully saturated rings. The van der Waals surface area contributed by atoms with Crippen molar-refractivity contribution in [2.75, 3.05) is 0 Å². The molecule has 0 aliphatic heterocycles. The Morgan fingerprint density at radius 3 is 1.92 bits per heavy atom. The highest BCUT2D eigenvalue weighted by molar-refractivity contribution is 5.40. The van der Waals surface area contributed by atoms with E-state index in [1.54, 1.807) is 12.1 Å². The molecule has 0 atom stereocenters. The summed E-state index contributed by atoms with van der Waals surface area (Å²) in [6, 6.07) is 7.37. The van der Waals surface area contributed by atoms with E-state index in [-0.39, 0.29) is 5.41 Å². The van der Waals surface area contributed by atoms with Crippen LogP contribution in [0.15, 0.2) is 29.4 Å². The third-order valence-corrected chi connectivity index (χ3v) is 1.84. The molecule has 1 aromatic rings. The van der Waals surface area contributed by atoms with E-state index >= 15 is 0 Å². The second kappa shape index (κ2) is 3.05. The van der Waals surface area contributed by atoms with Crippen molar-refractivity contribution in [2.24, 2.45) is 5.18 Å².